The van der Waals surface area contributed by atoms with Crippen molar-refractivity contribution in [1.82, 2.24) is 0 Å². The van der Waals surface area contributed by atoms with Crippen LogP contribution in [0.1, 0.15) is 33.7 Å². The summed E-state index contributed by atoms with van der Waals surface area (Å²) in [6, 6.07) is 4.16. The molecule has 0 amide bonds. The number of rotatable bonds is 3. The molecule has 0 atom stereocenters. The van der Waals surface area contributed by atoms with Gasteiger partial charge in [-0.25, -0.2) is 0 Å². The standard InChI is InChI=1S/C13H14OS2/c1-8-4-6-15-12(8)11(10(3)14)13-9(2)5-7-16-13/h4-7,11H,1-3H3. The molecule has 0 fully saturated rings. The maximum absolute atomic E-state index is 11.9. The summed E-state index contributed by atoms with van der Waals surface area (Å²) in [5.41, 5.74) is 2.44. The highest BCUT2D eigenvalue weighted by Crippen LogP contribution is 2.36. The lowest BCUT2D eigenvalue weighted by molar-refractivity contribution is -0.117. The van der Waals surface area contributed by atoms with Crippen molar-refractivity contribution in [2.24, 2.45) is 0 Å². The van der Waals surface area contributed by atoms with E-state index in [1.165, 1.54) is 20.9 Å². The van der Waals surface area contributed by atoms with E-state index >= 15 is 0 Å². The Morgan fingerprint density at radius 1 is 1.06 bits per heavy atom. The van der Waals surface area contributed by atoms with Gasteiger partial charge < -0.3 is 0 Å². The fourth-order valence-corrected chi connectivity index (χ4v) is 4.11. The molecule has 2 aromatic heterocycles. The molecule has 0 aliphatic rings. The molecule has 0 aliphatic heterocycles. The van der Waals surface area contributed by atoms with Gasteiger partial charge in [0, 0.05) is 9.75 Å². The molecule has 0 unspecified atom stereocenters. The van der Waals surface area contributed by atoms with Crippen LogP contribution >= 0.6 is 22.7 Å². The molecule has 0 N–H and O–H groups in total. The van der Waals surface area contributed by atoms with Crippen LogP contribution in [0.15, 0.2) is 22.9 Å². The zero-order chi connectivity index (χ0) is 11.7. The molecule has 0 aliphatic carbocycles. The molecule has 2 heterocycles. The monoisotopic (exact) mass is 250 g/mol. The lowest BCUT2D eigenvalue weighted by Gasteiger charge is -2.13. The van der Waals surface area contributed by atoms with Gasteiger partial charge in [-0.1, -0.05) is 0 Å². The molecule has 0 spiro atoms. The van der Waals surface area contributed by atoms with E-state index in [-0.39, 0.29) is 11.7 Å². The van der Waals surface area contributed by atoms with Gasteiger partial charge in [0.15, 0.2) is 0 Å². The first-order chi connectivity index (χ1) is 7.61. The molecule has 2 rings (SSSR count). The lowest BCUT2D eigenvalue weighted by Crippen LogP contribution is -2.09. The van der Waals surface area contributed by atoms with Crippen LogP contribution < -0.4 is 0 Å². The van der Waals surface area contributed by atoms with Gasteiger partial charge in [0.05, 0.1) is 5.92 Å². The Bertz CT molecular complexity index is 467. The minimum Gasteiger partial charge on any atom is -0.299 e. The first-order valence-corrected chi connectivity index (χ1v) is 6.95. The fraction of sp³-hybridized carbons (Fsp3) is 0.308. The number of hydrogen-bond donors (Lipinski definition) is 0. The largest absolute Gasteiger partial charge is 0.299 e. The number of ketones is 1. The van der Waals surface area contributed by atoms with Crippen molar-refractivity contribution in [2.75, 3.05) is 0 Å². The average Bonchev–Trinajstić information content (AvgIpc) is 2.79. The Balaban J connectivity index is 2.52. The molecule has 0 saturated heterocycles. The lowest BCUT2D eigenvalue weighted by atomic mass is 9.96. The predicted octanol–water partition coefficient (Wildman–Crippen LogP) is 4.15. The van der Waals surface area contributed by atoms with Crippen molar-refractivity contribution in [3.63, 3.8) is 0 Å². The van der Waals surface area contributed by atoms with E-state index in [0.29, 0.717) is 0 Å². The van der Waals surface area contributed by atoms with Gasteiger partial charge in [0.25, 0.3) is 0 Å². The normalized spacial score (nSPS) is 11.0. The van der Waals surface area contributed by atoms with Crippen molar-refractivity contribution in [3.05, 3.63) is 43.8 Å². The van der Waals surface area contributed by atoms with Gasteiger partial charge in [-0.15, -0.1) is 22.7 Å². The second-order valence-corrected chi connectivity index (χ2v) is 5.87. The van der Waals surface area contributed by atoms with Crippen molar-refractivity contribution >= 4 is 28.5 Å². The minimum atomic E-state index is -0.0556. The molecular weight excluding hydrogens is 236 g/mol. The van der Waals surface area contributed by atoms with Gasteiger partial charge in [0.2, 0.25) is 0 Å². The van der Waals surface area contributed by atoms with Gasteiger partial charge in [-0.3, -0.25) is 4.79 Å². The van der Waals surface area contributed by atoms with Gasteiger partial charge in [0.1, 0.15) is 5.78 Å². The Kier molecular flexibility index (Phi) is 3.26. The number of thiophene rings is 2. The fourth-order valence-electron chi connectivity index (χ4n) is 1.85. The molecule has 2 aromatic rings. The zero-order valence-corrected chi connectivity index (χ0v) is 11.2. The van der Waals surface area contributed by atoms with Gasteiger partial charge >= 0.3 is 0 Å². The average molecular weight is 250 g/mol. The number of aryl methyl sites for hydroxylation is 2. The first kappa shape index (κ1) is 11.6. The zero-order valence-electron chi connectivity index (χ0n) is 9.61. The summed E-state index contributed by atoms with van der Waals surface area (Å²) in [7, 11) is 0. The van der Waals surface area contributed by atoms with Crippen molar-refractivity contribution in [3.8, 4) is 0 Å². The van der Waals surface area contributed by atoms with Gasteiger partial charge in [-0.05, 0) is 54.8 Å². The third kappa shape index (κ3) is 1.97. The molecule has 0 aromatic carbocycles. The molecule has 0 radical (unpaired) electrons. The van der Waals surface area contributed by atoms with E-state index in [4.69, 9.17) is 0 Å². The topological polar surface area (TPSA) is 17.1 Å². The molecule has 0 saturated carbocycles. The van der Waals surface area contributed by atoms with Gasteiger partial charge in [-0.2, -0.15) is 0 Å². The van der Waals surface area contributed by atoms with Crippen LogP contribution in [0.5, 0.6) is 0 Å². The van der Waals surface area contributed by atoms with Crippen LogP contribution in [0.4, 0.5) is 0 Å². The van der Waals surface area contributed by atoms with Crippen LogP contribution in [0.25, 0.3) is 0 Å². The summed E-state index contributed by atoms with van der Waals surface area (Å²) in [5, 5.41) is 4.12. The van der Waals surface area contributed by atoms with E-state index in [2.05, 4.69) is 36.7 Å². The molecule has 1 nitrogen and oxygen atoms in total. The summed E-state index contributed by atoms with van der Waals surface area (Å²) in [6.45, 7) is 5.83. The van der Waals surface area contributed by atoms with Crippen molar-refractivity contribution in [2.45, 2.75) is 26.7 Å². The highest BCUT2D eigenvalue weighted by Gasteiger charge is 2.24. The Morgan fingerprint density at radius 2 is 1.50 bits per heavy atom. The minimum absolute atomic E-state index is 0.0556. The molecule has 84 valence electrons. The number of carbonyl (C=O) groups excluding carboxylic acids is 1. The van der Waals surface area contributed by atoms with E-state index in [9.17, 15) is 4.79 Å². The molecular formula is C13H14OS2. The summed E-state index contributed by atoms with van der Waals surface area (Å²) in [4.78, 5) is 14.2. The second kappa shape index (κ2) is 4.52. The first-order valence-electron chi connectivity index (χ1n) is 5.19. The quantitative estimate of drug-likeness (QED) is 0.800. The number of Topliss-reactive ketones (excluding diaryl/α,β-unsaturated/α-hetero) is 1. The SMILES string of the molecule is CC(=O)C(c1sccc1C)c1sccc1C. The highest BCUT2D eigenvalue weighted by atomic mass is 32.1. The van der Waals surface area contributed by atoms with E-state index < -0.39 is 0 Å². The summed E-state index contributed by atoms with van der Waals surface area (Å²) in [5.74, 6) is 0.177. The summed E-state index contributed by atoms with van der Waals surface area (Å²) < 4.78 is 0. The van der Waals surface area contributed by atoms with E-state index in [0.717, 1.165) is 0 Å². The van der Waals surface area contributed by atoms with Crippen LogP contribution in [0.2, 0.25) is 0 Å². The number of hydrogen-bond acceptors (Lipinski definition) is 3. The van der Waals surface area contributed by atoms with Crippen molar-refractivity contribution < 1.29 is 4.79 Å². The summed E-state index contributed by atoms with van der Waals surface area (Å²) in [6.07, 6.45) is 0. The number of carbonyl (C=O) groups is 1. The maximum atomic E-state index is 11.9. The predicted molar refractivity (Wildman–Crippen MR) is 70.6 cm³/mol. The van der Waals surface area contributed by atoms with E-state index in [1.807, 2.05) is 0 Å². The Morgan fingerprint density at radius 3 is 1.75 bits per heavy atom. The maximum Gasteiger partial charge on any atom is 0.143 e. The Hall–Kier alpha value is -0.930. The van der Waals surface area contributed by atoms with Crippen LogP contribution in [-0.4, -0.2) is 5.78 Å². The summed E-state index contributed by atoms with van der Waals surface area (Å²) >= 11 is 3.36. The van der Waals surface area contributed by atoms with Crippen LogP contribution in [0, 0.1) is 13.8 Å². The second-order valence-electron chi connectivity index (χ2n) is 3.98. The molecule has 16 heavy (non-hydrogen) atoms. The smallest absolute Gasteiger partial charge is 0.143 e. The molecule has 0 bridgehead atoms. The van der Waals surface area contributed by atoms with Crippen LogP contribution in [-0.2, 0) is 4.79 Å². The molecule has 3 heteroatoms. The Labute approximate surface area is 104 Å². The third-order valence-electron chi connectivity index (χ3n) is 2.73. The third-order valence-corrected chi connectivity index (χ3v) is 4.90. The van der Waals surface area contributed by atoms with Crippen LogP contribution in [0.3, 0.4) is 0 Å². The highest BCUT2D eigenvalue weighted by molar-refractivity contribution is 7.12. The van der Waals surface area contributed by atoms with E-state index in [1.54, 1.807) is 29.6 Å². The van der Waals surface area contributed by atoms with Crippen molar-refractivity contribution in [1.29, 1.82) is 0 Å².